The predicted octanol–water partition coefficient (Wildman–Crippen LogP) is 4.83. The molecule has 1 amide bonds. The number of amides is 1. The standard InChI is InChI=1S/C26H34N2O3/c1-4-25(29)28(22-14-10-7-11-15-22)23-16-17-27(18-20(23)3)19-24(31-26(30)5-2)21-12-8-6-9-13-21/h6-15,20,23-24H,4-5,16-19H2,1-3H3/t20-,23+,24-/m0/s1. The van der Waals surface area contributed by atoms with Gasteiger partial charge in [-0.1, -0.05) is 69.3 Å². The topological polar surface area (TPSA) is 49.9 Å². The van der Waals surface area contributed by atoms with Crippen LogP contribution in [-0.4, -0.2) is 42.5 Å². The van der Waals surface area contributed by atoms with E-state index >= 15 is 0 Å². The molecule has 166 valence electrons. The summed E-state index contributed by atoms with van der Waals surface area (Å²) in [6.45, 7) is 8.34. The Morgan fingerprint density at radius 2 is 1.68 bits per heavy atom. The van der Waals surface area contributed by atoms with Crippen LogP contribution in [0.4, 0.5) is 5.69 Å². The summed E-state index contributed by atoms with van der Waals surface area (Å²) in [6.07, 6.45) is 1.47. The number of anilines is 1. The fourth-order valence-corrected chi connectivity index (χ4v) is 4.40. The summed E-state index contributed by atoms with van der Waals surface area (Å²) in [4.78, 5) is 29.2. The molecular weight excluding hydrogens is 388 g/mol. The molecule has 3 rings (SSSR count). The molecule has 1 aliphatic rings. The third-order valence-corrected chi connectivity index (χ3v) is 6.04. The van der Waals surface area contributed by atoms with Gasteiger partial charge in [-0.05, 0) is 30.0 Å². The highest BCUT2D eigenvalue weighted by molar-refractivity contribution is 5.93. The molecule has 0 saturated carbocycles. The van der Waals surface area contributed by atoms with Crippen LogP contribution in [0.1, 0.15) is 51.7 Å². The molecule has 2 aromatic rings. The molecule has 5 heteroatoms. The number of esters is 1. The summed E-state index contributed by atoms with van der Waals surface area (Å²) in [7, 11) is 0. The minimum atomic E-state index is -0.278. The zero-order valence-corrected chi connectivity index (χ0v) is 18.9. The van der Waals surface area contributed by atoms with Crippen LogP contribution in [0.3, 0.4) is 0 Å². The Morgan fingerprint density at radius 3 is 2.26 bits per heavy atom. The molecular formula is C26H34N2O3. The van der Waals surface area contributed by atoms with Gasteiger partial charge in [-0.25, -0.2) is 0 Å². The van der Waals surface area contributed by atoms with Gasteiger partial charge in [0, 0.05) is 44.2 Å². The number of hydrogen-bond acceptors (Lipinski definition) is 4. The Labute approximate surface area is 186 Å². The Bertz CT molecular complexity index is 840. The first kappa shape index (κ1) is 23.0. The number of piperidine rings is 1. The van der Waals surface area contributed by atoms with E-state index in [2.05, 4.69) is 11.8 Å². The SMILES string of the molecule is CCC(=O)O[C@@H](CN1CC[C@@H](N(C(=O)CC)c2ccccc2)[C@@H](C)C1)c1ccccc1. The van der Waals surface area contributed by atoms with Gasteiger partial charge < -0.3 is 9.64 Å². The van der Waals surface area contributed by atoms with Crippen molar-refractivity contribution in [1.29, 1.82) is 0 Å². The zero-order valence-electron chi connectivity index (χ0n) is 18.9. The second-order valence-corrected chi connectivity index (χ2v) is 8.29. The zero-order chi connectivity index (χ0) is 22.2. The number of para-hydroxylation sites is 1. The van der Waals surface area contributed by atoms with Gasteiger partial charge in [0.1, 0.15) is 6.10 Å². The molecule has 0 radical (unpaired) electrons. The third kappa shape index (κ3) is 5.95. The predicted molar refractivity (Wildman–Crippen MR) is 124 cm³/mol. The maximum atomic E-state index is 12.8. The summed E-state index contributed by atoms with van der Waals surface area (Å²) in [5.41, 5.74) is 1.99. The van der Waals surface area contributed by atoms with E-state index in [1.54, 1.807) is 0 Å². The molecule has 0 bridgehead atoms. The number of rotatable bonds is 8. The number of carbonyl (C=O) groups excluding carboxylic acids is 2. The van der Waals surface area contributed by atoms with Crippen molar-refractivity contribution in [2.75, 3.05) is 24.5 Å². The highest BCUT2D eigenvalue weighted by Crippen LogP contribution is 2.29. The molecule has 0 aromatic heterocycles. The third-order valence-electron chi connectivity index (χ3n) is 6.04. The van der Waals surface area contributed by atoms with E-state index in [9.17, 15) is 9.59 Å². The molecule has 1 saturated heterocycles. The van der Waals surface area contributed by atoms with E-state index in [0.29, 0.717) is 25.3 Å². The van der Waals surface area contributed by atoms with Crippen molar-refractivity contribution in [3.8, 4) is 0 Å². The molecule has 3 atom stereocenters. The normalized spacial score (nSPS) is 20.1. The van der Waals surface area contributed by atoms with Crippen LogP contribution in [-0.2, 0) is 14.3 Å². The van der Waals surface area contributed by atoms with Gasteiger partial charge in [-0.3, -0.25) is 14.5 Å². The number of ether oxygens (including phenoxy) is 1. The molecule has 1 fully saturated rings. The van der Waals surface area contributed by atoms with Crippen molar-refractivity contribution in [2.24, 2.45) is 5.92 Å². The Morgan fingerprint density at radius 1 is 1.03 bits per heavy atom. The molecule has 0 spiro atoms. The van der Waals surface area contributed by atoms with Gasteiger partial charge in [0.15, 0.2) is 0 Å². The van der Waals surface area contributed by atoms with Crippen LogP contribution in [0.25, 0.3) is 0 Å². The van der Waals surface area contributed by atoms with Gasteiger partial charge >= 0.3 is 5.97 Å². The molecule has 0 unspecified atom stereocenters. The Balaban J connectivity index is 1.71. The summed E-state index contributed by atoms with van der Waals surface area (Å²) >= 11 is 0. The molecule has 1 aliphatic heterocycles. The number of likely N-dealkylation sites (tertiary alicyclic amines) is 1. The van der Waals surface area contributed by atoms with E-state index in [0.717, 1.165) is 30.8 Å². The lowest BCUT2D eigenvalue weighted by molar-refractivity contribution is -0.150. The number of carbonyl (C=O) groups is 2. The summed E-state index contributed by atoms with van der Waals surface area (Å²) in [5.74, 6) is 0.291. The second kappa shape index (κ2) is 11.1. The van der Waals surface area contributed by atoms with Crippen LogP contribution in [0, 0.1) is 5.92 Å². The molecule has 1 heterocycles. The van der Waals surface area contributed by atoms with E-state index in [1.165, 1.54) is 0 Å². The Kier molecular flexibility index (Phi) is 8.24. The van der Waals surface area contributed by atoms with E-state index in [4.69, 9.17) is 4.74 Å². The average molecular weight is 423 g/mol. The molecule has 0 N–H and O–H groups in total. The van der Waals surface area contributed by atoms with Gasteiger partial charge in [0.25, 0.3) is 0 Å². The number of hydrogen-bond donors (Lipinski definition) is 0. The van der Waals surface area contributed by atoms with Crippen molar-refractivity contribution in [3.63, 3.8) is 0 Å². The molecule has 2 aromatic carbocycles. The first-order valence-corrected chi connectivity index (χ1v) is 11.4. The minimum Gasteiger partial charge on any atom is -0.456 e. The van der Waals surface area contributed by atoms with Gasteiger partial charge in [0.05, 0.1) is 0 Å². The number of benzene rings is 2. The first-order valence-electron chi connectivity index (χ1n) is 11.4. The van der Waals surface area contributed by atoms with Crippen molar-refractivity contribution in [1.82, 2.24) is 4.90 Å². The highest BCUT2D eigenvalue weighted by Gasteiger charge is 2.34. The average Bonchev–Trinajstić information content (AvgIpc) is 2.81. The second-order valence-electron chi connectivity index (χ2n) is 8.29. The van der Waals surface area contributed by atoms with Gasteiger partial charge in [0.2, 0.25) is 5.91 Å². The summed E-state index contributed by atoms with van der Waals surface area (Å²) in [5, 5.41) is 0. The monoisotopic (exact) mass is 422 g/mol. The van der Waals surface area contributed by atoms with Crippen LogP contribution in [0.2, 0.25) is 0 Å². The lowest BCUT2D eigenvalue weighted by atomic mass is 9.91. The lowest BCUT2D eigenvalue weighted by Gasteiger charge is -2.43. The van der Waals surface area contributed by atoms with E-state index in [-0.39, 0.29) is 24.0 Å². The van der Waals surface area contributed by atoms with Crippen molar-refractivity contribution < 1.29 is 14.3 Å². The van der Waals surface area contributed by atoms with E-state index in [1.807, 2.05) is 79.4 Å². The van der Waals surface area contributed by atoms with Crippen molar-refractivity contribution in [3.05, 3.63) is 66.2 Å². The number of nitrogens with zero attached hydrogens (tertiary/aromatic N) is 2. The van der Waals surface area contributed by atoms with E-state index < -0.39 is 0 Å². The quantitative estimate of drug-likeness (QED) is 0.572. The highest BCUT2D eigenvalue weighted by atomic mass is 16.5. The van der Waals surface area contributed by atoms with Crippen LogP contribution < -0.4 is 4.90 Å². The lowest BCUT2D eigenvalue weighted by Crippen LogP contribution is -2.53. The van der Waals surface area contributed by atoms with Crippen LogP contribution >= 0.6 is 0 Å². The largest absolute Gasteiger partial charge is 0.456 e. The van der Waals surface area contributed by atoms with Gasteiger partial charge in [-0.2, -0.15) is 0 Å². The maximum Gasteiger partial charge on any atom is 0.306 e. The smallest absolute Gasteiger partial charge is 0.306 e. The van der Waals surface area contributed by atoms with Gasteiger partial charge in [-0.15, -0.1) is 0 Å². The van der Waals surface area contributed by atoms with Crippen molar-refractivity contribution >= 4 is 17.6 Å². The maximum absolute atomic E-state index is 12.8. The Hall–Kier alpha value is -2.66. The fourth-order valence-electron chi connectivity index (χ4n) is 4.40. The first-order chi connectivity index (χ1) is 15.0. The molecule has 5 nitrogen and oxygen atoms in total. The minimum absolute atomic E-state index is 0.163. The summed E-state index contributed by atoms with van der Waals surface area (Å²) in [6, 6.07) is 20.1. The molecule has 31 heavy (non-hydrogen) atoms. The van der Waals surface area contributed by atoms with Crippen molar-refractivity contribution in [2.45, 2.75) is 52.2 Å². The summed E-state index contributed by atoms with van der Waals surface area (Å²) < 4.78 is 5.78. The van der Waals surface area contributed by atoms with Crippen LogP contribution in [0.15, 0.2) is 60.7 Å². The molecule has 0 aliphatic carbocycles. The van der Waals surface area contributed by atoms with Crippen LogP contribution in [0.5, 0.6) is 0 Å². The fraction of sp³-hybridized carbons (Fsp3) is 0.462.